The number of carbonyl (C=O) groups is 1. The predicted octanol–water partition coefficient (Wildman–Crippen LogP) is 3.91. The zero-order valence-electron chi connectivity index (χ0n) is 17.5. The number of hydrogen-bond donors (Lipinski definition) is 1. The highest BCUT2D eigenvalue weighted by atomic mass is 16.5. The quantitative estimate of drug-likeness (QED) is 0.712. The zero-order valence-corrected chi connectivity index (χ0v) is 17.5. The van der Waals surface area contributed by atoms with Crippen molar-refractivity contribution in [3.63, 3.8) is 0 Å². The molecular weight excluding hydrogens is 380 g/mol. The van der Waals surface area contributed by atoms with Gasteiger partial charge in [-0.05, 0) is 36.8 Å². The van der Waals surface area contributed by atoms with E-state index in [1.165, 1.54) is 5.56 Å². The number of rotatable bonds is 4. The molecule has 1 aliphatic rings. The third kappa shape index (κ3) is 3.96. The van der Waals surface area contributed by atoms with Gasteiger partial charge in [-0.15, -0.1) is 0 Å². The van der Waals surface area contributed by atoms with Gasteiger partial charge in [-0.1, -0.05) is 24.3 Å². The van der Waals surface area contributed by atoms with Crippen molar-refractivity contribution in [2.24, 2.45) is 0 Å². The van der Waals surface area contributed by atoms with Crippen LogP contribution in [-0.4, -0.2) is 56.3 Å². The van der Waals surface area contributed by atoms with Gasteiger partial charge >= 0.3 is 6.03 Å². The number of aromatic nitrogens is 1. The minimum Gasteiger partial charge on any atom is -0.495 e. The van der Waals surface area contributed by atoms with E-state index < -0.39 is 0 Å². The number of aryl methyl sites for hydroxylation is 1. The van der Waals surface area contributed by atoms with Crippen molar-refractivity contribution in [1.29, 1.82) is 0 Å². The second kappa shape index (κ2) is 8.49. The van der Waals surface area contributed by atoms with Crippen LogP contribution in [0.25, 0.3) is 10.9 Å². The molecule has 0 radical (unpaired) electrons. The van der Waals surface area contributed by atoms with Crippen molar-refractivity contribution in [2.75, 3.05) is 50.6 Å². The minimum atomic E-state index is -0.152. The first-order valence-corrected chi connectivity index (χ1v) is 9.98. The van der Waals surface area contributed by atoms with E-state index in [2.05, 4.69) is 28.2 Å². The van der Waals surface area contributed by atoms with Gasteiger partial charge in [-0.3, -0.25) is 0 Å². The maximum atomic E-state index is 12.9. The van der Waals surface area contributed by atoms with E-state index in [1.54, 1.807) is 14.2 Å². The lowest BCUT2D eigenvalue weighted by molar-refractivity contribution is 0.208. The molecule has 2 aromatic carbocycles. The third-order valence-corrected chi connectivity index (χ3v) is 5.37. The number of piperazine rings is 1. The Balaban J connectivity index is 1.45. The van der Waals surface area contributed by atoms with Crippen LogP contribution in [0.2, 0.25) is 0 Å². The number of benzene rings is 2. The number of nitrogens with zero attached hydrogens (tertiary/aromatic N) is 3. The first-order chi connectivity index (χ1) is 14.6. The Morgan fingerprint density at radius 3 is 2.50 bits per heavy atom. The molecule has 2 amide bonds. The third-order valence-electron chi connectivity index (χ3n) is 5.37. The van der Waals surface area contributed by atoms with Crippen molar-refractivity contribution >= 4 is 28.3 Å². The molecule has 7 nitrogen and oxygen atoms in total. The first-order valence-electron chi connectivity index (χ1n) is 9.98. The van der Waals surface area contributed by atoms with Crippen LogP contribution in [0.15, 0.2) is 48.5 Å². The van der Waals surface area contributed by atoms with E-state index in [0.29, 0.717) is 24.7 Å². The van der Waals surface area contributed by atoms with E-state index in [-0.39, 0.29) is 6.03 Å². The summed E-state index contributed by atoms with van der Waals surface area (Å²) in [5, 5.41) is 3.91. The second-order valence-corrected chi connectivity index (χ2v) is 7.32. The first kappa shape index (κ1) is 19.8. The molecule has 1 saturated heterocycles. The number of fused-ring (bicyclic) bond motifs is 1. The number of para-hydroxylation sites is 1. The predicted molar refractivity (Wildman–Crippen MR) is 119 cm³/mol. The highest BCUT2D eigenvalue weighted by molar-refractivity contribution is 5.94. The number of pyridine rings is 1. The monoisotopic (exact) mass is 406 g/mol. The number of anilines is 2. The van der Waals surface area contributed by atoms with Crippen molar-refractivity contribution < 1.29 is 14.3 Å². The minimum absolute atomic E-state index is 0.152. The normalized spacial score (nSPS) is 14.0. The summed E-state index contributed by atoms with van der Waals surface area (Å²) in [4.78, 5) is 21.4. The number of amides is 2. The van der Waals surface area contributed by atoms with Gasteiger partial charge in [0.15, 0.2) is 0 Å². The topological polar surface area (TPSA) is 66.9 Å². The SMILES string of the molecule is COc1ccc(C)cc1N1CCN(C(=O)Nc2cc3ccccc3nc2OC)CC1. The Hall–Kier alpha value is -3.48. The zero-order chi connectivity index (χ0) is 21.1. The molecule has 4 rings (SSSR count). The Morgan fingerprint density at radius 2 is 1.77 bits per heavy atom. The van der Waals surface area contributed by atoms with Crippen LogP contribution in [-0.2, 0) is 0 Å². The number of hydrogen-bond acceptors (Lipinski definition) is 5. The Morgan fingerprint density at radius 1 is 1.00 bits per heavy atom. The number of nitrogens with one attached hydrogen (secondary N) is 1. The van der Waals surface area contributed by atoms with E-state index in [9.17, 15) is 4.79 Å². The fourth-order valence-corrected chi connectivity index (χ4v) is 3.74. The molecule has 7 heteroatoms. The molecule has 156 valence electrons. The fourth-order valence-electron chi connectivity index (χ4n) is 3.74. The number of carbonyl (C=O) groups excluding carboxylic acids is 1. The molecule has 0 bridgehead atoms. The van der Waals surface area contributed by atoms with Gasteiger partial charge in [0.1, 0.15) is 11.4 Å². The van der Waals surface area contributed by atoms with Crippen molar-refractivity contribution in [3.05, 3.63) is 54.1 Å². The smallest absolute Gasteiger partial charge is 0.322 e. The summed E-state index contributed by atoms with van der Waals surface area (Å²) in [7, 11) is 3.24. The van der Waals surface area contributed by atoms with Gasteiger partial charge < -0.3 is 24.6 Å². The van der Waals surface area contributed by atoms with Crippen LogP contribution in [0, 0.1) is 6.92 Å². The maximum Gasteiger partial charge on any atom is 0.322 e. The summed E-state index contributed by atoms with van der Waals surface area (Å²) in [6, 6.07) is 15.7. The molecule has 0 aliphatic carbocycles. The van der Waals surface area contributed by atoms with Crippen molar-refractivity contribution in [3.8, 4) is 11.6 Å². The van der Waals surface area contributed by atoms with Gasteiger partial charge in [0.2, 0.25) is 5.88 Å². The average molecular weight is 406 g/mol. The molecule has 0 atom stereocenters. The maximum absolute atomic E-state index is 12.9. The summed E-state index contributed by atoms with van der Waals surface area (Å²) in [6.45, 7) is 4.77. The number of urea groups is 1. The van der Waals surface area contributed by atoms with Gasteiger partial charge in [0.05, 0.1) is 25.4 Å². The van der Waals surface area contributed by atoms with Crippen LogP contribution >= 0.6 is 0 Å². The van der Waals surface area contributed by atoms with Gasteiger partial charge in [0, 0.05) is 31.6 Å². The molecule has 2 heterocycles. The Bertz CT molecular complexity index is 1060. The number of methoxy groups -OCH3 is 2. The molecule has 0 saturated carbocycles. The van der Waals surface area contributed by atoms with Crippen molar-refractivity contribution in [2.45, 2.75) is 6.92 Å². The van der Waals surface area contributed by atoms with E-state index in [4.69, 9.17) is 9.47 Å². The Labute approximate surface area is 176 Å². The highest BCUT2D eigenvalue weighted by Gasteiger charge is 2.24. The molecule has 1 aromatic heterocycles. The standard InChI is InChI=1S/C23H26N4O3/c1-16-8-9-21(29-2)20(14-16)26-10-12-27(13-11-26)23(28)25-19-15-17-6-4-5-7-18(17)24-22(19)30-3/h4-9,14-15H,10-13H2,1-3H3,(H,25,28). The van der Waals surface area contributed by atoms with E-state index in [1.807, 2.05) is 47.4 Å². The largest absolute Gasteiger partial charge is 0.495 e. The molecule has 1 aliphatic heterocycles. The van der Waals surface area contributed by atoms with Crippen LogP contribution in [0.5, 0.6) is 11.6 Å². The Kier molecular flexibility index (Phi) is 5.61. The summed E-state index contributed by atoms with van der Waals surface area (Å²) in [6.07, 6.45) is 0. The molecule has 0 unspecified atom stereocenters. The molecular formula is C23H26N4O3. The summed E-state index contributed by atoms with van der Waals surface area (Å²) in [5.74, 6) is 1.26. The molecule has 3 aromatic rings. The average Bonchev–Trinajstić information content (AvgIpc) is 2.78. The highest BCUT2D eigenvalue weighted by Crippen LogP contribution is 2.30. The summed E-state index contributed by atoms with van der Waals surface area (Å²) >= 11 is 0. The molecule has 30 heavy (non-hydrogen) atoms. The van der Waals surface area contributed by atoms with E-state index >= 15 is 0 Å². The number of ether oxygens (including phenoxy) is 2. The van der Waals surface area contributed by atoms with Crippen LogP contribution in [0.3, 0.4) is 0 Å². The summed E-state index contributed by atoms with van der Waals surface area (Å²) in [5.41, 5.74) is 3.65. The summed E-state index contributed by atoms with van der Waals surface area (Å²) < 4.78 is 10.9. The lowest BCUT2D eigenvalue weighted by Crippen LogP contribution is -2.50. The fraction of sp³-hybridized carbons (Fsp3) is 0.304. The molecule has 1 N–H and O–H groups in total. The van der Waals surface area contributed by atoms with Crippen LogP contribution in [0.1, 0.15) is 5.56 Å². The van der Waals surface area contributed by atoms with Crippen molar-refractivity contribution in [1.82, 2.24) is 9.88 Å². The lowest BCUT2D eigenvalue weighted by Gasteiger charge is -2.36. The van der Waals surface area contributed by atoms with Gasteiger partial charge in [-0.2, -0.15) is 0 Å². The van der Waals surface area contributed by atoms with Crippen LogP contribution < -0.4 is 19.7 Å². The van der Waals surface area contributed by atoms with Gasteiger partial charge in [-0.25, -0.2) is 9.78 Å². The van der Waals surface area contributed by atoms with Gasteiger partial charge in [0.25, 0.3) is 0 Å². The molecule has 0 spiro atoms. The van der Waals surface area contributed by atoms with Crippen LogP contribution in [0.4, 0.5) is 16.2 Å². The molecule has 1 fully saturated rings. The van der Waals surface area contributed by atoms with E-state index in [0.717, 1.165) is 35.4 Å². The second-order valence-electron chi connectivity index (χ2n) is 7.32. The lowest BCUT2D eigenvalue weighted by atomic mass is 10.1.